The lowest BCUT2D eigenvalue weighted by molar-refractivity contribution is 0.0986. The number of halogens is 2. The minimum Gasteiger partial charge on any atom is -0.292 e. The Bertz CT molecular complexity index is 624. The van der Waals surface area contributed by atoms with Crippen molar-refractivity contribution in [3.63, 3.8) is 0 Å². The highest BCUT2D eigenvalue weighted by molar-refractivity contribution is 6.34. The molecule has 0 amide bonds. The largest absolute Gasteiger partial charge is 0.292 e. The fourth-order valence-corrected chi connectivity index (χ4v) is 2.73. The summed E-state index contributed by atoms with van der Waals surface area (Å²) in [6, 6.07) is 9.65. The molecular formula is C17H16ClFO. The molecule has 2 aromatic carbocycles. The second-order valence-corrected chi connectivity index (χ2v) is 5.49. The summed E-state index contributed by atoms with van der Waals surface area (Å²) in [5.41, 5.74) is 4.21. The van der Waals surface area contributed by atoms with E-state index in [1.165, 1.54) is 12.1 Å². The van der Waals surface area contributed by atoms with E-state index in [-0.39, 0.29) is 11.6 Å². The van der Waals surface area contributed by atoms with Crippen molar-refractivity contribution in [3.8, 4) is 0 Å². The third-order valence-corrected chi connectivity index (χ3v) is 3.77. The zero-order chi connectivity index (χ0) is 14.9. The summed E-state index contributed by atoms with van der Waals surface area (Å²) in [5, 5.41) is -0.796. The molecule has 0 heterocycles. The van der Waals surface area contributed by atoms with Gasteiger partial charge in [0.05, 0.1) is 0 Å². The van der Waals surface area contributed by atoms with Crippen LogP contribution in [0.1, 0.15) is 38.0 Å². The van der Waals surface area contributed by atoms with Crippen LogP contribution in [0.2, 0.25) is 0 Å². The van der Waals surface area contributed by atoms with Crippen LogP contribution >= 0.6 is 11.6 Å². The Labute approximate surface area is 123 Å². The maximum absolute atomic E-state index is 12.9. The highest BCUT2D eigenvalue weighted by Gasteiger charge is 2.22. The Balaban J connectivity index is 2.39. The molecule has 0 aliphatic carbocycles. The third kappa shape index (κ3) is 2.91. The van der Waals surface area contributed by atoms with Gasteiger partial charge in [0.2, 0.25) is 0 Å². The molecule has 0 aliphatic rings. The molecule has 0 radical (unpaired) electrons. The molecule has 0 bridgehead atoms. The Morgan fingerprint density at radius 1 is 1.05 bits per heavy atom. The standard InChI is InChI=1S/C17H16ClFO/c1-10-8-11(2)15(12(3)9-10)17(20)16(18)13-4-6-14(19)7-5-13/h4-9,16H,1-3H3. The summed E-state index contributed by atoms with van der Waals surface area (Å²) < 4.78 is 12.9. The van der Waals surface area contributed by atoms with Crippen molar-refractivity contribution in [2.45, 2.75) is 26.1 Å². The van der Waals surface area contributed by atoms with Gasteiger partial charge < -0.3 is 0 Å². The van der Waals surface area contributed by atoms with Gasteiger partial charge in [-0.1, -0.05) is 29.8 Å². The average molecular weight is 291 g/mol. The van der Waals surface area contributed by atoms with Crippen molar-refractivity contribution in [2.24, 2.45) is 0 Å². The third-order valence-electron chi connectivity index (χ3n) is 3.32. The van der Waals surface area contributed by atoms with Gasteiger partial charge in [-0.15, -0.1) is 11.6 Å². The van der Waals surface area contributed by atoms with Crippen LogP contribution in [0.15, 0.2) is 36.4 Å². The molecule has 0 spiro atoms. The van der Waals surface area contributed by atoms with E-state index in [4.69, 9.17) is 11.6 Å². The van der Waals surface area contributed by atoms with E-state index in [2.05, 4.69) is 0 Å². The van der Waals surface area contributed by atoms with Crippen LogP contribution < -0.4 is 0 Å². The van der Waals surface area contributed by atoms with Gasteiger partial charge in [0.1, 0.15) is 11.2 Å². The topological polar surface area (TPSA) is 17.1 Å². The summed E-state index contributed by atoms with van der Waals surface area (Å²) in [6.07, 6.45) is 0. The van der Waals surface area contributed by atoms with Crippen LogP contribution in [-0.4, -0.2) is 5.78 Å². The number of carbonyl (C=O) groups is 1. The van der Waals surface area contributed by atoms with Crippen LogP contribution in [0.25, 0.3) is 0 Å². The number of benzene rings is 2. The number of hydrogen-bond donors (Lipinski definition) is 0. The van der Waals surface area contributed by atoms with Crippen molar-refractivity contribution >= 4 is 17.4 Å². The normalized spacial score (nSPS) is 12.2. The molecular weight excluding hydrogens is 275 g/mol. The van der Waals surface area contributed by atoms with E-state index in [0.29, 0.717) is 11.1 Å². The van der Waals surface area contributed by atoms with Crippen LogP contribution in [0.5, 0.6) is 0 Å². The van der Waals surface area contributed by atoms with Crippen molar-refractivity contribution < 1.29 is 9.18 Å². The van der Waals surface area contributed by atoms with E-state index < -0.39 is 5.38 Å². The second kappa shape index (κ2) is 5.76. The van der Waals surface area contributed by atoms with E-state index in [1.54, 1.807) is 12.1 Å². The van der Waals surface area contributed by atoms with Gasteiger partial charge in [-0.05, 0) is 49.6 Å². The second-order valence-electron chi connectivity index (χ2n) is 5.05. The molecule has 3 heteroatoms. The Hall–Kier alpha value is -1.67. The highest BCUT2D eigenvalue weighted by atomic mass is 35.5. The predicted octanol–water partition coefficient (Wildman–Crippen LogP) is 4.91. The van der Waals surface area contributed by atoms with Gasteiger partial charge in [-0.25, -0.2) is 4.39 Å². The maximum atomic E-state index is 12.9. The molecule has 104 valence electrons. The van der Waals surface area contributed by atoms with Gasteiger partial charge in [-0.2, -0.15) is 0 Å². The molecule has 20 heavy (non-hydrogen) atoms. The summed E-state index contributed by atoms with van der Waals surface area (Å²) in [5.74, 6) is -0.485. The summed E-state index contributed by atoms with van der Waals surface area (Å²) in [6.45, 7) is 5.80. The van der Waals surface area contributed by atoms with Gasteiger partial charge >= 0.3 is 0 Å². The number of ketones is 1. The number of hydrogen-bond acceptors (Lipinski definition) is 1. The molecule has 1 atom stereocenters. The van der Waals surface area contributed by atoms with E-state index in [1.807, 2.05) is 32.9 Å². The maximum Gasteiger partial charge on any atom is 0.185 e. The van der Waals surface area contributed by atoms with E-state index in [9.17, 15) is 9.18 Å². The van der Waals surface area contributed by atoms with E-state index >= 15 is 0 Å². The molecule has 0 saturated heterocycles. The van der Waals surface area contributed by atoms with Gasteiger partial charge in [0.15, 0.2) is 5.78 Å². The number of carbonyl (C=O) groups excluding carboxylic acids is 1. The Kier molecular flexibility index (Phi) is 4.24. The van der Waals surface area contributed by atoms with Gasteiger partial charge in [0.25, 0.3) is 0 Å². The molecule has 0 N–H and O–H groups in total. The van der Waals surface area contributed by atoms with Crippen molar-refractivity contribution in [1.29, 1.82) is 0 Å². The van der Waals surface area contributed by atoms with Crippen LogP contribution in [0, 0.1) is 26.6 Å². The first-order valence-corrected chi connectivity index (χ1v) is 6.85. The number of aryl methyl sites for hydroxylation is 3. The first-order valence-electron chi connectivity index (χ1n) is 6.41. The summed E-state index contributed by atoms with van der Waals surface area (Å²) in [7, 11) is 0. The fraction of sp³-hybridized carbons (Fsp3) is 0.235. The average Bonchev–Trinajstić information content (AvgIpc) is 2.37. The van der Waals surface area contributed by atoms with Crippen molar-refractivity contribution in [3.05, 3.63) is 70.0 Å². The first-order chi connectivity index (χ1) is 9.40. The number of alkyl halides is 1. The van der Waals surface area contributed by atoms with Crippen LogP contribution in [-0.2, 0) is 0 Å². The van der Waals surface area contributed by atoms with Crippen molar-refractivity contribution in [2.75, 3.05) is 0 Å². The molecule has 0 saturated carbocycles. The molecule has 2 aromatic rings. The molecule has 2 rings (SSSR count). The summed E-state index contributed by atoms with van der Waals surface area (Å²) >= 11 is 6.26. The number of rotatable bonds is 3. The minimum absolute atomic E-state index is 0.145. The van der Waals surface area contributed by atoms with Gasteiger partial charge in [-0.3, -0.25) is 4.79 Å². The molecule has 0 aliphatic heterocycles. The zero-order valence-corrected chi connectivity index (χ0v) is 12.5. The Morgan fingerprint density at radius 2 is 1.55 bits per heavy atom. The van der Waals surface area contributed by atoms with E-state index in [0.717, 1.165) is 16.7 Å². The lowest BCUT2D eigenvalue weighted by Gasteiger charge is -2.14. The lowest BCUT2D eigenvalue weighted by Crippen LogP contribution is -2.11. The molecule has 0 fully saturated rings. The SMILES string of the molecule is Cc1cc(C)c(C(=O)C(Cl)c2ccc(F)cc2)c(C)c1. The summed E-state index contributed by atoms with van der Waals surface area (Å²) in [4.78, 5) is 12.6. The number of Topliss-reactive ketones (excluding diaryl/α,β-unsaturated/α-hetero) is 1. The fourth-order valence-electron chi connectivity index (χ4n) is 2.48. The highest BCUT2D eigenvalue weighted by Crippen LogP contribution is 2.28. The quantitative estimate of drug-likeness (QED) is 0.579. The molecule has 0 aromatic heterocycles. The predicted molar refractivity (Wildman–Crippen MR) is 80.0 cm³/mol. The molecule has 1 nitrogen and oxygen atoms in total. The monoisotopic (exact) mass is 290 g/mol. The lowest BCUT2D eigenvalue weighted by atomic mass is 9.93. The van der Waals surface area contributed by atoms with Crippen LogP contribution in [0.4, 0.5) is 4.39 Å². The minimum atomic E-state index is -0.796. The Morgan fingerprint density at radius 3 is 2.05 bits per heavy atom. The van der Waals surface area contributed by atoms with Crippen molar-refractivity contribution in [1.82, 2.24) is 0 Å². The zero-order valence-electron chi connectivity index (χ0n) is 11.7. The smallest absolute Gasteiger partial charge is 0.185 e. The van der Waals surface area contributed by atoms with Gasteiger partial charge in [0, 0.05) is 5.56 Å². The van der Waals surface area contributed by atoms with Crippen LogP contribution in [0.3, 0.4) is 0 Å². The first kappa shape index (κ1) is 14.7. The molecule has 1 unspecified atom stereocenters.